The summed E-state index contributed by atoms with van der Waals surface area (Å²) >= 11 is 8.06. The lowest BCUT2D eigenvalue weighted by Gasteiger charge is -2.00. The molecule has 0 bridgehead atoms. The average Bonchev–Trinajstić information content (AvgIpc) is 2.98. The molecule has 0 aliphatic carbocycles. The molecule has 0 saturated heterocycles. The van der Waals surface area contributed by atoms with Crippen molar-refractivity contribution in [2.45, 2.75) is 27.8 Å². The van der Waals surface area contributed by atoms with Crippen molar-refractivity contribution >= 4 is 56.7 Å². The van der Waals surface area contributed by atoms with Crippen LogP contribution in [0.15, 0.2) is 37.4 Å². The molecule has 0 fully saturated rings. The molecule has 0 spiro atoms. The summed E-state index contributed by atoms with van der Waals surface area (Å²) in [5.74, 6) is 1.31. The van der Waals surface area contributed by atoms with Crippen molar-refractivity contribution in [3.05, 3.63) is 34.3 Å². The standard InChI is InChI=1S/C14H16BrN3OS3/c1-2-7-16-12(19)9-21-14-18-17-13(22-14)20-8-10-3-5-11(15)6-4-10/h3-6H,2,7-9H2,1H3,(H,16,19). The zero-order valence-electron chi connectivity index (χ0n) is 12.0. The van der Waals surface area contributed by atoms with Gasteiger partial charge < -0.3 is 5.32 Å². The Morgan fingerprint density at radius 3 is 2.59 bits per heavy atom. The topological polar surface area (TPSA) is 54.9 Å². The molecule has 4 nitrogen and oxygen atoms in total. The Labute approximate surface area is 151 Å². The molecule has 0 aliphatic rings. The third-order valence-electron chi connectivity index (χ3n) is 2.56. The third-order valence-corrected chi connectivity index (χ3v) is 6.35. The normalized spacial score (nSPS) is 10.6. The second kappa shape index (κ2) is 9.54. The Bertz CT molecular complexity index is 604. The van der Waals surface area contributed by atoms with Gasteiger partial charge in [0.05, 0.1) is 5.75 Å². The van der Waals surface area contributed by atoms with Gasteiger partial charge in [0, 0.05) is 16.8 Å². The Hall–Kier alpha value is -0.570. The van der Waals surface area contributed by atoms with Gasteiger partial charge >= 0.3 is 0 Å². The van der Waals surface area contributed by atoms with Gasteiger partial charge in [0.2, 0.25) is 5.91 Å². The van der Waals surface area contributed by atoms with E-state index in [2.05, 4.69) is 43.6 Å². The van der Waals surface area contributed by atoms with E-state index < -0.39 is 0 Å². The molecular formula is C14H16BrN3OS3. The maximum absolute atomic E-state index is 11.5. The zero-order chi connectivity index (χ0) is 15.8. The van der Waals surface area contributed by atoms with Crippen LogP contribution >= 0.6 is 50.8 Å². The number of amides is 1. The number of benzene rings is 1. The van der Waals surface area contributed by atoms with Crippen LogP contribution in [0.4, 0.5) is 0 Å². The van der Waals surface area contributed by atoms with Gasteiger partial charge in [-0.3, -0.25) is 4.79 Å². The summed E-state index contributed by atoms with van der Waals surface area (Å²) in [6.07, 6.45) is 0.950. The first kappa shape index (κ1) is 17.8. The first-order valence-corrected chi connectivity index (χ1v) is 10.4. The molecule has 1 amide bonds. The first-order chi connectivity index (χ1) is 10.7. The van der Waals surface area contributed by atoms with Gasteiger partial charge in [-0.15, -0.1) is 10.2 Å². The molecular weight excluding hydrogens is 402 g/mol. The summed E-state index contributed by atoms with van der Waals surface area (Å²) in [5, 5.41) is 11.1. The van der Waals surface area contributed by atoms with E-state index >= 15 is 0 Å². The lowest BCUT2D eigenvalue weighted by molar-refractivity contribution is -0.118. The fourth-order valence-electron chi connectivity index (χ4n) is 1.48. The van der Waals surface area contributed by atoms with Crippen molar-refractivity contribution < 1.29 is 4.79 Å². The van der Waals surface area contributed by atoms with E-state index in [1.165, 1.54) is 28.7 Å². The predicted molar refractivity (Wildman–Crippen MR) is 97.6 cm³/mol. The van der Waals surface area contributed by atoms with Gasteiger partial charge in [-0.1, -0.05) is 69.8 Å². The first-order valence-electron chi connectivity index (χ1n) is 6.77. The number of hydrogen-bond donors (Lipinski definition) is 1. The van der Waals surface area contributed by atoms with Crippen molar-refractivity contribution in [3.63, 3.8) is 0 Å². The summed E-state index contributed by atoms with van der Waals surface area (Å²) in [4.78, 5) is 11.5. The number of nitrogens with zero attached hydrogens (tertiary/aromatic N) is 2. The lowest BCUT2D eigenvalue weighted by Crippen LogP contribution is -2.25. The summed E-state index contributed by atoms with van der Waals surface area (Å²) < 4.78 is 2.85. The van der Waals surface area contributed by atoms with Crippen molar-refractivity contribution in [2.24, 2.45) is 0 Å². The minimum atomic E-state index is 0.0473. The van der Waals surface area contributed by atoms with Crippen molar-refractivity contribution in [1.82, 2.24) is 15.5 Å². The summed E-state index contributed by atoms with van der Waals surface area (Å²) in [6, 6.07) is 8.25. The fourth-order valence-corrected chi connectivity index (χ4v) is 4.55. The van der Waals surface area contributed by atoms with E-state index in [-0.39, 0.29) is 5.91 Å². The monoisotopic (exact) mass is 417 g/mol. The summed E-state index contributed by atoms with van der Waals surface area (Å²) in [6.45, 7) is 2.76. The number of aromatic nitrogens is 2. The van der Waals surface area contributed by atoms with E-state index in [0.29, 0.717) is 5.75 Å². The molecule has 22 heavy (non-hydrogen) atoms. The van der Waals surface area contributed by atoms with Gasteiger partial charge in [-0.05, 0) is 24.1 Å². The van der Waals surface area contributed by atoms with E-state index in [4.69, 9.17) is 0 Å². The number of thioether (sulfide) groups is 2. The van der Waals surface area contributed by atoms with Crippen LogP contribution in [0.3, 0.4) is 0 Å². The second-order valence-corrected chi connectivity index (χ2v) is 8.73. The van der Waals surface area contributed by atoms with E-state index in [1.54, 1.807) is 11.8 Å². The largest absolute Gasteiger partial charge is 0.355 e. The number of hydrogen-bond acceptors (Lipinski definition) is 6. The van der Waals surface area contributed by atoms with Crippen molar-refractivity contribution in [2.75, 3.05) is 12.3 Å². The molecule has 0 atom stereocenters. The molecule has 1 N–H and O–H groups in total. The van der Waals surface area contributed by atoms with Gasteiger partial charge in [-0.2, -0.15) is 0 Å². The lowest BCUT2D eigenvalue weighted by atomic mass is 10.2. The second-order valence-electron chi connectivity index (χ2n) is 4.39. The molecule has 2 rings (SSSR count). The fraction of sp³-hybridized carbons (Fsp3) is 0.357. The molecule has 8 heteroatoms. The average molecular weight is 418 g/mol. The predicted octanol–water partition coefficient (Wildman–Crippen LogP) is 4.21. The highest BCUT2D eigenvalue weighted by Gasteiger charge is 2.08. The third kappa shape index (κ3) is 6.28. The quantitative estimate of drug-likeness (QED) is 0.651. The molecule has 2 aromatic rings. The smallest absolute Gasteiger partial charge is 0.230 e. The molecule has 1 heterocycles. The minimum absolute atomic E-state index is 0.0473. The Morgan fingerprint density at radius 1 is 1.23 bits per heavy atom. The van der Waals surface area contributed by atoms with Crippen LogP contribution in [0.5, 0.6) is 0 Å². The van der Waals surface area contributed by atoms with Gasteiger partial charge in [0.15, 0.2) is 8.68 Å². The van der Waals surface area contributed by atoms with Gasteiger partial charge in [0.1, 0.15) is 0 Å². The van der Waals surface area contributed by atoms with Gasteiger partial charge in [0.25, 0.3) is 0 Å². The van der Waals surface area contributed by atoms with Crippen LogP contribution in [0.1, 0.15) is 18.9 Å². The molecule has 0 saturated carbocycles. The Kier molecular flexibility index (Phi) is 7.71. The van der Waals surface area contributed by atoms with Crippen LogP contribution < -0.4 is 5.32 Å². The minimum Gasteiger partial charge on any atom is -0.355 e. The van der Waals surface area contributed by atoms with Crippen LogP contribution in [-0.2, 0) is 10.5 Å². The molecule has 0 radical (unpaired) electrons. The van der Waals surface area contributed by atoms with Crippen LogP contribution in [0.2, 0.25) is 0 Å². The Balaban J connectivity index is 1.76. The molecule has 0 aliphatic heterocycles. The van der Waals surface area contributed by atoms with E-state index in [9.17, 15) is 4.79 Å². The molecule has 1 aromatic heterocycles. The number of nitrogens with one attached hydrogen (secondary N) is 1. The maximum Gasteiger partial charge on any atom is 0.230 e. The summed E-state index contributed by atoms with van der Waals surface area (Å²) in [5.41, 5.74) is 1.25. The van der Waals surface area contributed by atoms with Crippen LogP contribution in [0.25, 0.3) is 0 Å². The number of rotatable bonds is 8. The van der Waals surface area contributed by atoms with E-state index in [1.807, 2.05) is 19.1 Å². The molecule has 1 aromatic carbocycles. The molecule has 118 valence electrons. The van der Waals surface area contributed by atoms with E-state index in [0.717, 1.165) is 31.9 Å². The summed E-state index contributed by atoms with van der Waals surface area (Å²) in [7, 11) is 0. The highest BCUT2D eigenvalue weighted by Crippen LogP contribution is 2.30. The maximum atomic E-state index is 11.5. The van der Waals surface area contributed by atoms with Crippen molar-refractivity contribution in [1.29, 1.82) is 0 Å². The zero-order valence-corrected chi connectivity index (χ0v) is 16.1. The van der Waals surface area contributed by atoms with Crippen molar-refractivity contribution in [3.8, 4) is 0 Å². The van der Waals surface area contributed by atoms with Gasteiger partial charge in [-0.25, -0.2) is 0 Å². The Morgan fingerprint density at radius 2 is 1.91 bits per heavy atom. The number of carbonyl (C=O) groups excluding carboxylic acids is 1. The highest BCUT2D eigenvalue weighted by molar-refractivity contribution is 9.10. The SMILES string of the molecule is CCCNC(=O)CSc1nnc(SCc2ccc(Br)cc2)s1. The van der Waals surface area contributed by atoms with Crippen LogP contribution in [0, 0.1) is 0 Å². The number of carbonyl (C=O) groups is 1. The van der Waals surface area contributed by atoms with Crippen LogP contribution in [-0.4, -0.2) is 28.4 Å². The highest BCUT2D eigenvalue weighted by atomic mass is 79.9. The number of halogens is 1. The molecule has 0 unspecified atom stereocenters.